The number of hydrogen-bond donors (Lipinski definition) is 2. The van der Waals surface area contributed by atoms with Crippen molar-refractivity contribution in [1.29, 1.82) is 0 Å². The average molecular weight is 368 g/mol. The van der Waals surface area contributed by atoms with E-state index in [0.29, 0.717) is 25.3 Å². The third kappa shape index (κ3) is 3.77. The fourth-order valence-corrected chi connectivity index (χ4v) is 3.82. The van der Waals surface area contributed by atoms with Crippen LogP contribution in [-0.4, -0.2) is 34.9 Å². The molecular weight excluding hydrogens is 347 g/mol. The second-order valence-corrected chi connectivity index (χ2v) is 7.30. The number of urea groups is 1. The van der Waals surface area contributed by atoms with Crippen molar-refractivity contribution >= 4 is 17.6 Å². The molecule has 2 aromatic rings. The average Bonchev–Trinajstić information content (AvgIpc) is 3.20. The minimum Gasteiger partial charge on any atom is -0.352 e. The van der Waals surface area contributed by atoms with Gasteiger partial charge in [0.25, 0.3) is 0 Å². The van der Waals surface area contributed by atoms with Gasteiger partial charge in [0.1, 0.15) is 5.82 Å². The molecule has 6 nitrogen and oxygen atoms in total. The Kier molecular flexibility index (Phi) is 4.51. The van der Waals surface area contributed by atoms with E-state index in [9.17, 15) is 14.0 Å². The zero-order chi connectivity index (χ0) is 18.9. The summed E-state index contributed by atoms with van der Waals surface area (Å²) in [6, 6.07) is 9.32. The van der Waals surface area contributed by atoms with E-state index in [-0.39, 0.29) is 29.1 Å². The van der Waals surface area contributed by atoms with E-state index in [1.165, 1.54) is 12.1 Å². The Morgan fingerprint density at radius 1 is 1.26 bits per heavy atom. The number of aromatic nitrogens is 1. The molecule has 3 amide bonds. The number of nitrogens with one attached hydrogen (secondary N) is 2. The van der Waals surface area contributed by atoms with Crippen LogP contribution >= 0.6 is 0 Å². The van der Waals surface area contributed by atoms with Crippen molar-refractivity contribution in [3.05, 3.63) is 60.2 Å². The summed E-state index contributed by atoms with van der Waals surface area (Å²) in [5, 5.41) is 5.70. The molecule has 7 heteroatoms. The summed E-state index contributed by atoms with van der Waals surface area (Å²) in [5.74, 6) is -0.399. The lowest BCUT2D eigenvalue weighted by molar-refractivity contribution is -0.123. The second-order valence-electron chi connectivity index (χ2n) is 7.30. The molecule has 1 aliphatic heterocycles. The van der Waals surface area contributed by atoms with Gasteiger partial charge in [-0.1, -0.05) is 6.07 Å². The molecule has 1 saturated heterocycles. The molecule has 1 saturated carbocycles. The van der Waals surface area contributed by atoms with Crippen molar-refractivity contribution in [2.24, 2.45) is 11.3 Å². The maximum atomic E-state index is 13.3. The number of likely N-dealkylation sites (tertiary alicyclic amines) is 1. The Bertz CT molecular complexity index is 860. The zero-order valence-corrected chi connectivity index (χ0v) is 14.8. The van der Waals surface area contributed by atoms with Crippen molar-refractivity contribution in [2.45, 2.75) is 19.4 Å². The number of carbonyl (C=O) groups is 2. The van der Waals surface area contributed by atoms with Crippen LogP contribution in [-0.2, 0) is 11.3 Å². The van der Waals surface area contributed by atoms with Crippen LogP contribution in [0.5, 0.6) is 0 Å². The van der Waals surface area contributed by atoms with Crippen LogP contribution in [0, 0.1) is 17.2 Å². The summed E-state index contributed by atoms with van der Waals surface area (Å²) in [6.45, 7) is 1.65. The van der Waals surface area contributed by atoms with Crippen molar-refractivity contribution in [1.82, 2.24) is 15.2 Å². The predicted octanol–water partition coefficient (Wildman–Crippen LogP) is 2.78. The standard InChI is InChI=1S/C20H21FN4O2/c21-15-2-1-3-16(10-15)24-19(27)25-9-6-20(13-25)11-17(20)18(26)23-12-14-4-7-22-8-5-14/h1-5,7-8,10,17H,6,9,11-13H2,(H,23,26)(H,24,27)/t17-,20+/m1/s1. The quantitative estimate of drug-likeness (QED) is 0.871. The van der Waals surface area contributed by atoms with Crippen molar-refractivity contribution < 1.29 is 14.0 Å². The number of benzene rings is 1. The summed E-state index contributed by atoms with van der Waals surface area (Å²) >= 11 is 0. The number of rotatable bonds is 4. The highest BCUT2D eigenvalue weighted by molar-refractivity contribution is 5.90. The molecule has 140 valence electrons. The number of carbonyl (C=O) groups excluding carboxylic acids is 2. The van der Waals surface area contributed by atoms with E-state index in [1.807, 2.05) is 12.1 Å². The van der Waals surface area contributed by atoms with E-state index in [1.54, 1.807) is 29.4 Å². The molecule has 2 heterocycles. The Balaban J connectivity index is 1.29. The maximum Gasteiger partial charge on any atom is 0.321 e. The number of pyridine rings is 1. The normalized spacial score (nSPS) is 23.3. The monoisotopic (exact) mass is 368 g/mol. The molecule has 4 rings (SSSR count). The lowest BCUT2D eigenvalue weighted by Gasteiger charge is -2.17. The molecule has 1 spiro atoms. The van der Waals surface area contributed by atoms with Crippen LogP contribution in [0.4, 0.5) is 14.9 Å². The summed E-state index contributed by atoms with van der Waals surface area (Å²) in [4.78, 5) is 30.5. The van der Waals surface area contributed by atoms with E-state index in [2.05, 4.69) is 15.6 Å². The Hall–Kier alpha value is -2.96. The van der Waals surface area contributed by atoms with Crippen molar-refractivity contribution in [3.8, 4) is 0 Å². The van der Waals surface area contributed by atoms with E-state index in [0.717, 1.165) is 18.4 Å². The maximum absolute atomic E-state index is 13.3. The number of amides is 3. The largest absolute Gasteiger partial charge is 0.352 e. The van der Waals surface area contributed by atoms with Gasteiger partial charge in [-0.3, -0.25) is 9.78 Å². The van der Waals surface area contributed by atoms with Crippen LogP contribution in [0.1, 0.15) is 18.4 Å². The summed E-state index contributed by atoms with van der Waals surface area (Å²) in [7, 11) is 0. The summed E-state index contributed by atoms with van der Waals surface area (Å²) < 4.78 is 13.3. The lowest BCUT2D eigenvalue weighted by atomic mass is 10.0. The van der Waals surface area contributed by atoms with Gasteiger partial charge in [-0.05, 0) is 48.7 Å². The van der Waals surface area contributed by atoms with Crippen LogP contribution in [0.15, 0.2) is 48.8 Å². The van der Waals surface area contributed by atoms with Gasteiger partial charge in [-0.2, -0.15) is 0 Å². The van der Waals surface area contributed by atoms with Gasteiger partial charge >= 0.3 is 6.03 Å². The Morgan fingerprint density at radius 2 is 2.07 bits per heavy atom. The highest BCUT2D eigenvalue weighted by Crippen LogP contribution is 2.58. The van der Waals surface area contributed by atoms with Crippen LogP contribution < -0.4 is 10.6 Å². The van der Waals surface area contributed by atoms with E-state index < -0.39 is 0 Å². The van der Waals surface area contributed by atoms with Crippen molar-refractivity contribution in [2.75, 3.05) is 18.4 Å². The molecule has 2 atom stereocenters. The molecular formula is C20H21FN4O2. The molecule has 0 radical (unpaired) electrons. The summed E-state index contributed by atoms with van der Waals surface area (Å²) in [5.41, 5.74) is 1.33. The first-order valence-corrected chi connectivity index (χ1v) is 9.04. The topological polar surface area (TPSA) is 74.3 Å². The molecule has 1 aliphatic carbocycles. The van der Waals surface area contributed by atoms with Gasteiger partial charge in [0.05, 0.1) is 0 Å². The van der Waals surface area contributed by atoms with Gasteiger partial charge in [0.2, 0.25) is 5.91 Å². The van der Waals surface area contributed by atoms with Gasteiger partial charge in [0.15, 0.2) is 0 Å². The third-order valence-electron chi connectivity index (χ3n) is 5.47. The minimum absolute atomic E-state index is 0.0409. The number of halogens is 1. The van der Waals surface area contributed by atoms with Gasteiger partial charge in [0, 0.05) is 49.0 Å². The highest BCUT2D eigenvalue weighted by Gasteiger charge is 2.61. The van der Waals surface area contributed by atoms with Gasteiger partial charge in [-0.15, -0.1) is 0 Å². The summed E-state index contributed by atoms with van der Waals surface area (Å²) in [6.07, 6.45) is 5.02. The number of hydrogen-bond acceptors (Lipinski definition) is 3. The number of nitrogens with zero attached hydrogens (tertiary/aromatic N) is 2. The van der Waals surface area contributed by atoms with Crippen LogP contribution in [0.25, 0.3) is 0 Å². The molecule has 1 aromatic carbocycles. The first kappa shape index (κ1) is 17.5. The van der Waals surface area contributed by atoms with Crippen molar-refractivity contribution in [3.63, 3.8) is 0 Å². The Labute approximate surface area is 156 Å². The third-order valence-corrected chi connectivity index (χ3v) is 5.47. The molecule has 2 fully saturated rings. The molecule has 2 aliphatic rings. The predicted molar refractivity (Wildman–Crippen MR) is 98.2 cm³/mol. The fraction of sp³-hybridized carbons (Fsp3) is 0.350. The highest BCUT2D eigenvalue weighted by atomic mass is 19.1. The van der Waals surface area contributed by atoms with E-state index in [4.69, 9.17) is 0 Å². The Morgan fingerprint density at radius 3 is 2.85 bits per heavy atom. The second kappa shape index (κ2) is 6.98. The van der Waals surface area contributed by atoms with Gasteiger partial charge in [-0.25, -0.2) is 9.18 Å². The zero-order valence-electron chi connectivity index (χ0n) is 14.8. The fourth-order valence-electron chi connectivity index (χ4n) is 3.82. The lowest BCUT2D eigenvalue weighted by Crippen LogP contribution is -2.34. The SMILES string of the molecule is O=C(NCc1ccncc1)[C@H]1C[C@]12CCN(C(=O)Nc1cccc(F)c1)C2. The smallest absolute Gasteiger partial charge is 0.321 e. The molecule has 0 bridgehead atoms. The van der Waals surface area contributed by atoms with Gasteiger partial charge < -0.3 is 15.5 Å². The molecule has 0 unspecified atom stereocenters. The first-order valence-electron chi connectivity index (χ1n) is 9.04. The number of anilines is 1. The minimum atomic E-state index is -0.390. The van der Waals surface area contributed by atoms with Crippen LogP contribution in [0.3, 0.4) is 0 Å². The molecule has 1 aromatic heterocycles. The molecule has 27 heavy (non-hydrogen) atoms. The first-order chi connectivity index (χ1) is 13.1. The van der Waals surface area contributed by atoms with E-state index >= 15 is 0 Å². The molecule has 2 N–H and O–H groups in total. The van der Waals surface area contributed by atoms with Crippen LogP contribution in [0.2, 0.25) is 0 Å².